The lowest BCUT2D eigenvalue weighted by Crippen LogP contribution is -2.24. The molecular formula is C22H21N5OS. The van der Waals surface area contributed by atoms with Gasteiger partial charge in [-0.05, 0) is 42.8 Å². The summed E-state index contributed by atoms with van der Waals surface area (Å²) in [4.78, 5) is 17.8. The molecule has 2 aromatic heterocycles. The van der Waals surface area contributed by atoms with Crippen molar-refractivity contribution in [3.63, 3.8) is 0 Å². The van der Waals surface area contributed by atoms with Crippen LogP contribution < -0.4 is 5.56 Å². The fourth-order valence-electron chi connectivity index (χ4n) is 4.01. The summed E-state index contributed by atoms with van der Waals surface area (Å²) >= 11 is 5.46. The SMILES string of the molecule is O=c1c2ccc(-c3n[nH]c(=S)n3Cc3ccccc3)cc2nc2n1CCCCC2. The van der Waals surface area contributed by atoms with Gasteiger partial charge < -0.3 is 0 Å². The van der Waals surface area contributed by atoms with E-state index >= 15 is 0 Å². The Labute approximate surface area is 172 Å². The molecule has 0 fully saturated rings. The van der Waals surface area contributed by atoms with Gasteiger partial charge in [-0.25, -0.2) is 4.98 Å². The zero-order chi connectivity index (χ0) is 19.8. The van der Waals surface area contributed by atoms with E-state index in [1.165, 1.54) is 0 Å². The van der Waals surface area contributed by atoms with Gasteiger partial charge in [0.05, 0.1) is 17.4 Å². The third-order valence-corrected chi connectivity index (χ3v) is 5.83. The molecule has 0 aliphatic carbocycles. The molecule has 7 heteroatoms. The van der Waals surface area contributed by atoms with Crippen molar-refractivity contribution in [1.29, 1.82) is 0 Å². The van der Waals surface area contributed by atoms with E-state index in [2.05, 4.69) is 22.3 Å². The van der Waals surface area contributed by atoms with Crippen LogP contribution in [0.5, 0.6) is 0 Å². The predicted molar refractivity (Wildman–Crippen MR) is 116 cm³/mol. The summed E-state index contributed by atoms with van der Waals surface area (Å²) in [5.41, 5.74) is 2.82. The lowest BCUT2D eigenvalue weighted by Gasteiger charge is -2.11. The van der Waals surface area contributed by atoms with Crippen LogP contribution in [0.4, 0.5) is 0 Å². The molecule has 1 N–H and O–H groups in total. The Morgan fingerprint density at radius 3 is 2.79 bits per heavy atom. The maximum atomic E-state index is 13.0. The van der Waals surface area contributed by atoms with E-state index in [4.69, 9.17) is 17.2 Å². The highest BCUT2D eigenvalue weighted by Gasteiger charge is 2.16. The molecule has 6 nitrogen and oxygen atoms in total. The van der Waals surface area contributed by atoms with Gasteiger partial charge in [-0.15, -0.1) is 0 Å². The molecule has 0 atom stereocenters. The van der Waals surface area contributed by atoms with Crippen molar-refractivity contribution >= 4 is 23.1 Å². The van der Waals surface area contributed by atoms with Crippen LogP contribution in [0.3, 0.4) is 0 Å². The standard InChI is InChI=1S/C22H21N5OS/c28-21-17-11-10-16(13-18(17)23-19-9-5-2-6-12-26(19)21)20-24-25-22(29)27(20)14-15-7-3-1-4-8-15/h1,3-4,7-8,10-11,13H,2,5-6,9,12,14H2,(H,25,29). The van der Waals surface area contributed by atoms with Crippen LogP contribution in [0, 0.1) is 4.77 Å². The topological polar surface area (TPSA) is 68.5 Å². The van der Waals surface area contributed by atoms with Crippen LogP contribution in [-0.2, 0) is 19.5 Å². The maximum Gasteiger partial charge on any atom is 0.261 e. The summed E-state index contributed by atoms with van der Waals surface area (Å²) in [6.45, 7) is 1.39. The smallest absolute Gasteiger partial charge is 0.261 e. The molecule has 4 aromatic rings. The van der Waals surface area contributed by atoms with Crippen molar-refractivity contribution in [1.82, 2.24) is 24.3 Å². The number of fused-ring (bicyclic) bond motifs is 2. The zero-order valence-corrected chi connectivity index (χ0v) is 16.8. The fourth-order valence-corrected chi connectivity index (χ4v) is 4.20. The number of aromatic nitrogens is 5. The average molecular weight is 404 g/mol. The Hall–Kier alpha value is -3.06. The number of benzene rings is 2. The molecule has 0 bridgehead atoms. The normalized spacial score (nSPS) is 13.9. The highest BCUT2D eigenvalue weighted by Crippen LogP contribution is 2.23. The first kappa shape index (κ1) is 18.0. The van der Waals surface area contributed by atoms with Gasteiger partial charge in [-0.1, -0.05) is 42.8 Å². The van der Waals surface area contributed by atoms with Crippen LogP contribution in [0.15, 0.2) is 53.3 Å². The van der Waals surface area contributed by atoms with Crippen LogP contribution >= 0.6 is 12.2 Å². The van der Waals surface area contributed by atoms with Crippen LogP contribution in [0.2, 0.25) is 0 Å². The van der Waals surface area contributed by atoms with Crippen molar-refractivity contribution in [2.45, 2.75) is 38.8 Å². The van der Waals surface area contributed by atoms with Crippen molar-refractivity contribution < 1.29 is 0 Å². The lowest BCUT2D eigenvalue weighted by atomic mass is 10.1. The number of aryl methyl sites for hydroxylation is 1. The number of hydrogen-bond donors (Lipinski definition) is 1. The third-order valence-electron chi connectivity index (χ3n) is 5.52. The Balaban J connectivity index is 1.62. The Morgan fingerprint density at radius 1 is 1.07 bits per heavy atom. The van der Waals surface area contributed by atoms with E-state index in [0.717, 1.165) is 60.5 Å². The van der Waals surface area contributed by atoms with Crippen molar-refractivity contribution in [3.8, 4) is 11.4 Å². The number of hydrogen-bond acceptors (Lipinski definition) is 4. The van der Waals surface area contributed by atoms with Gasteiger partial charge in [0.15, 0.2) is 10.6 Å². The monoisotopic (exact) mass is 403 g/mol. The van der Waals surface area contributed by atoms with Gasteiger partial charge in [0.1, 0.15) is 5.82 Å². The van der Waals surface area contributed by atoms with Gasteiger partial charge in [-0.2, -0.15) is 5.10 Å². The molecule has 3 heterocycles. The van der Waals surface area contributed by atoms with Crippen molar-refractivity contribution in [2.24, 2.45) is 0 Å². The number of rotatable bonds is 3. The second-order valence-electron chi connectivity index (χ2n) is 7.45. The lowest BCUT2D eigenvalue weighted by molar-refractivity contribution is 0.614. The maximum absolute atomic E-state index is 13.0. The second-order valence-corrected chi connectivity index (χ2v) is 7.84. The summed E-state index contributed by atoms with van der Waals surface area (Å²) in [6, 6.07) is 15.9. The summed E-state index contributed by atoms with van der Waals surface area (Å²) in [5.74, 6) is 1.64. The van der Waals surface area contributed by atoms with Gasteiger partial charge in [0.2, 0.25) is 0 Å². The molecule has 1 aliphatic rings. The molecule has 0 radical (unpaired) electrons. The number of nitrogens with one attached hydrogen (secondary N) is 1. The Morgan fingerprint density at radius 2 is 1.93 bits per heavy atom. The van der Waals surface area contributed by atoms with Crippen LogP contribution in [0.1, 0.15) is 30.7 Å². The van der Waals surface area contributed by atoms with Crippen molar-refractivity contribution in [2.75, 3.05) is 0 Å². The molecule has 0 unspecified atom stereocenters. The summed E-state index contributed by atoms with van der Waals surface area (Å²) < 4.78 is 4.39. The first-order valence-electron chi connectivity index (χ1n) is 9.94. The average Bonchev–Trinajstić information content (AvgIpc) is 2.95. The molecular weight excluding hydrogens is 382 g/mol. The summed E-state index contributed by atoms with van der Waals surface area (Å²) in [6.07, 6.45) is 4.10. The van der Waals surface area contributed by atoms with E-state index < -0.39 is 0 Å². The number of H-pyrrole nitrogens is 1. The number of aromatic amines is 1. The molecule has 0 amide bonds. The van der Waals surface area contributed by atoms with E-state index in [-0.39, 0.29) is 5.56 Å². The molecule has 0 saturated carbocycles. The van der Waals surface area contributed by atoms with Gasteiger partial charge in [-0.3, -0.25) is 19.0 Å². The minimum atomic E-state index is 0.0570. The molecule has 0 spiro atoms. The van der Waals surface area contributed by atoms with E-state index in [1.807, 2.05) is 45.5 Å². The zero-order valence-electron chi connectivity index (χ0n) is 16.0. The quantitative estimate of drug-likeness (QED) is 0.523. The summed E-state index contributed by atoms with van der Waals surface area (Å²) in [7, 11) is 0. The second kappa shape index (κ2) is 7.40. The first-order chi connectivity index (χ1) is 14.2. The van der Waals surface area contributed by atoms with Crippen LogP contribution in [-0.4, -0.2) is 24.3 Å². The van der Waals surface area contributed by atoms with Gasteiger partial charge in [0.25, 0.3) is 5.56 Å². The highest BCUT2D eigenvalue weighted by atomic mass is 32.1. The minimum Gasteiger partial charge on any atom is -0.296 e. The largest absolute Gasteiger partial charge is 0.296 e. The fraction of sp³-hybridized carbons (Fsp3) is 0.273. The highest BCUT2D eigenvalue weighted by molar-refractivity contribution is 7.71. The van der Waals surface area contributed by atoms with Crippen LogP contribution in [0.25, 0.3) is 22.3 Å². The summed E-state index contributed by atoms with van der Waals surface area (Å²) in [5, 5.41) is 8.01. The molecule has 2 aromatic carbocycles. The van der Waals surface area contributed by atoms with E-state index in [9.17, 15) is 4.79 Å². The molecule has 1 aliphatic heterocycles. The molecule has 146 valence electrons. The van der Waals surface area contributed by atoms with E-state index in [1.54, 1.807) is 0 Å². The van der Waals surface area contributed by atoms with Gasteiger partial charge >= 0.3 is 0 Å². The first-order valence-corrected chi connectivity index (χ1v) is 10.3. The molecule has 0 saturated heterocycles. The van der Waals surface area contributed by atoms with Crippen molar-refractivity contribution in [3.05, 3.63) is 75.0 Å². The Bertz CT molecular complexity index is 1300. The van der Waals surface area contributed by atoms with E-state index in [0.29, 0.717) is 16.7 Å². The van der Waals surface area contributed by atoms with Gasteiger partial charge in [0, 0.05) is 18.5 Å². The minimum absolute atomic E-state index is 0.0570. The predicted octanol–water partition coefficient (Wildman–Crippen LogP) is 4.09. The Kier molecular flexibility index (Phi) is 4.60. The molecule has 5 rings (SSSR count). The molecule has 29 heavy (non-hydrogen) atoms. The third kappa shape index (κ3) is 3.31. The number of nitrogens with zero attached hydrogens (tertiary/aromatic N) is 4.